The Balaban J connectivity index is 2.41. The number of methoxy groups -OCH3 is 1. The number of hydrogen-bond acceptors (Lipinski definition) is 4. The van der Waals surface area contributed by atoms with E-state index in [-0.39, 0.29) is 23.5 Å². The van der Waals surface area contributed by atoms with Gasteiger partial charge in [0.25, 0.3) is 0 Å². The van der Waals surface area contributed by atoms with Crippen LogP contribution in [0, 0.1) is 0 Å². The number of carbonyl (C=O) groups is 1. The van der Waals surface area contributed by atoms with Crippen LogP contribution in [-0.4, -0.2) is 32.1 Å². The van der Waals surface area contributed by atoms with Crippen molar-refractivity contribution in [2.45, 2.75) is 29.7 Å². The molecule has 2 N–H and O–H groups in total. The van der Waals surface area contributed by atoms with E-state index in [1.165, 1.54) is 19.2 Å². The molecule has 0 aliphatic heterocycles. The molecule has 0 unspecified atom stereocenters. The monoisotopic (exact) mass is 363 g/mol. The lowest BCUT2D eigenvalue weighted by Crippen LogP contribution is -2.58. The molecule has 1 aromatic rings. The minimum atomic E-state index is -3.97. The van der Waals surface area contributed by atoms with Gasteiger partial charge in [0.05, 0.1) is 7.11 Å². The first-order valence-electron chi connectivity index (χ1n) is 5.92. The molecule has 1 saturated carbocycles. The second-order valence-corrected chi connectivity index (χ2v) is 7.21. The molecule has 110 valence electrons. The van der Waals surface area contributed by atoms with E-state index in [2.05, 4.69) is 20.7 Å². The number of nitrogens with one attached hydrogen (secondary N) is 1. The van der Waals surface area contributed by atoms with Crippen molar-refractivity contribution in [1.82, 2.24) is 4.72 Å². The average molecular weight is 364 g/mol. The number of carboxylic acid groups (broad SMARTS) is 1. The highest BCUT2D eigenvalue weighted by Crippen LogP contribution is 2.35. The van der Waals surface area contributed by atoms with Gasteiger partial charge in [-0.1, -0.05) is 15.9 Å². The van der Waals surface area contributed by atoms with Gasteiger partial charge >= 0.3 is 5.97 Å². The van der Waals surface area contributed by atoms with Crippen molar-refractivity contribution in [3.63, 3.8) is 0 Å². The van der Waals surface area contributed by atoms with Crippen LogP contribution in [0.2, 0.25) is 0 Å². The first kappa shape index (κ1) is 15.3. The molecule has 1 fully saturated rings. The molecule has 0 radical (unpaired) electrons. The highest BCUT2D eigenvalue weighted by Gasteiger charge is 2.48. The van der Waals surface area contributed by atoms with Crippen molar-refractivity contribution in [2.75, 3.05) is 7.11 Å². The molecule has 0 amide bonds. The third kappa shape index (κ3) is 2.68. The van der Waals surface area contributed by atoms with Gasteiger partial charge in [0.15, 0.2) is 0 Å². The summed E-state index contributed by atoms with van der Waals surface area (Å²) < 4.78 is 32.7. The van der Waals surface area contributed by atoms with E-state index < -0.39 is 21.5 Å². The Kier molecular flexibility index (Phi) is 4.08. The zero-order valence-electron chi connectivity index (χ0n) is 10.7. The fraction of sp³-hybridized carbons (Fsp3) is 0.417. The number of rotatable bonds is 5. The van der Waals surface area contributed by atoms with Crippen molar-refractivity contribution in [3.05, 3.63) is 22.7 Å². The SMILES string of the molecule is COc1ccc(Br)cc1S(=O)(=O)NC1(C(=O)O)CCC1. The normalized spacial score (nSPS) is 17.3. The Labute approximate surface area is 125 Å². The van der Waals surface area contributed by atoms with Gasteiger partial charge in [-0.15, -0.1) is 0 Å². The Morgan fingerprint density at radius 1 is 1.45 bits per heavy atom. The summed E-state index contributed by atoms with van der Waals surface area (Å²) in [5, 5.41) is 9.21. The molecule has 0 spiro atoms. The van der Waals surface area contributed by atoms with E-state index in [1.54, 1.807) is 6.07 Å². The molecule has 0 saturated heterocycles. The molecule has 0 bridgehead atoms. The van der Waals surface area contributed by atoms with E-state index >= 15 is 0 Å². The maximum atomic E-state index is 12.4. The van der Waals surface area contributed by atoms with Crippen LogP contribution in [0.1, 0.15) is 19.3 Å². The summed E-state index contributed by atoms with van der Waals surface area (Å²) in [6.45, 7) is 0. The summed E-state index contributed by atoms with van der Waals surface area (Å²) >= 11 is 3.19. The van der Waals surface area contributed by atoms with Crippen molar-refractivity contribution >= 4 is 31.9 Å². The molecule has 6 nitrogen and oxygen atoms in total. The third-order valence-electron chi connectivity index (χ3n) is 3.36. The number of hydrogen-bond donors (Lipinski definition) is 2. The molecule has 8 heteroatoms. The van der Waals surface area contributed by atoms with E-state index in [4.69, 9.17) is 4.74 Å². The van der Waals surface area contributed by atoms with Gasteiger partial charge in [0.2, 0.25) is 10.0 Å². The Morgan fingerprint density at radius 3 is 2.55 bits per heavy atom. The molecular weight excluding hydrogens is 350 g/mol. The predicted octanol–water partition coefficient (Wildman–Crippen LogP) is 1.74. The van der Waals surface area contributed by atoms with Gasteiger partial charge in [0, 0.05) is 4.47 Å². The Hall–Kier alpha value is -1.12. The van der Waals surface area contributed by atoms with Crippen molar-refractivity contribution in [2.24, 2.45) is 0 Å². The number of ether oxygens (including phenoxy) is 1. The Bertz CT molecular complexity index is 639. The van der Waals surface area contributed by atoms with Gasteiger partial charge in [-0.3, -0.25) is 4.79 Å². The van der Waals surface area contributed by atoms with Crippen molar-refractivity contribution in [3.8, 4) is 5.75 Å². The first-order valence-corrected chi connectivity index (χ1v) is 8.19. The molecule has 1 aromatic carbocycles. The van der Waals surface area contributed by atoms with E-state index in [0.717, 1.165) is 0 Å². The Morgan fingerprint density at radius 2 is 2.10 bits per heavy atom. The molecular formula is C12H14BrNO5S. The van der Waals surface area contributed by atoms with E-state index in [0.29, 0.717) is 10.9 Å². The van der Waals surface area contributed by atoms with Crippen LogP contribution in [0.5, 0.6) is 5.75 Å². The highest BCUT2D eigenvalue weighted by molar-refractivity contribution is 9.10. The van der Waals surface area contributed by atoms with E-state index in [1.807, 2.05) is 0 Å². The zero-order chi connectivity index (χ0) is 15.0. The largest absolute Gasteiger partial charge is 0.495 e. The third-order valence-corrected chi connectivity index (χ3v) is 5.41. The number of carboxylic acids is 1. The summed E-state index contributed by atoms with van der Waals surface area (Å²) in [5.74, 6) is -0.984. The summed E-state index contributed by atoms with van der Waals surface area (Å²) in [6, 6.07) is 4.54. The van der Waals surface area contributed by atoms with Crippen LogP contribution in [0.4, 0.5) is 0 Å². The lowest BCUT2D eigenvalue weighted by Gasteiger charge is -2.37. The molecule has 20 heavy (non-hydrogen) atoms. The fourth-order valence-corrected chi connectivity index (χ4v) is 4.19. The minimum Gasteiger partial charge on any atom is -0.495 e. The maximum absolute atomic E-state index is 12.4. The van der Waals surface area contributed by atoms with Crippen LogP contribution in [0.15, 0.2) is 27.6 Å². The summed E-state index contributed by atoms with van der Waals surface area (Å²) in [7, 11) is -2.62. The van der Waals surface area contributed by atoms with Gasteiger partial charge in [0.1, 0.15) is 16.2 Å². The quantitative estimate of drug-likeness (QED) is 0.830. The number of benzene rings is 1. The average Bonchev–Trinajstić information content (AvgIpc) is 2.33. The number of sulfonamides is 1. The van der Waals surface area contributed by atoms with Crippen molar-refractivity contribution in [1.29, 1.82) is 0 Å². The van der Waals surface area contributed by atoms with Crippen LogP contribution in [-0.2, 0) is 14.8 Å². The smallest absolute Gasteiger partial charge is 0.324 e. The molecule has 1 aliphatic carbocycles. The minimum absolute atomic E-state index is 0.0816. The zero-order valence-corrected chi connectivity index (χ0v) is 13.1. The first-order chi connectivity index (χ1) is 9.31. The standard InChI is InChI=1S/C12H14BrNO5S/c1-19-9-4-3-8(13)7-10(9)20(17,18)14-12(11(15)16)5-2-6-12/h3-4,7,14H,2,5-6H2,1H3,(H,15,16). The summed E-state index contributed by atoms with van der Waals surface area (Å²) in [4.78, 5) is 11.2. The fourth-order valence-electron chi connectivity index (χ4n) is 2.06. The number of aliphatic carboxylic acids is 1. The van der Waals surface area contributed by atoms with Gasteiger partial charge in [-0.25, -0.2) is 8.42 Å². The molecule has 0 aromatic heterocycles. The lowest BCUT2D eigenvalue weighted by atomic mass is 9.78. The van der Waals surface area contributed by atoms with Gasteiger partial charge < -0.3 is 9.84 Å². The summed E-state index contributed by atoms with van der Waals surface area (Å²) in [6.07, 6.45) is 1.26. The van der Waals surface area contributed by atoms with Crippen LogP contribution in [0.25, 0.3) is 0 Å². The number of halogens is 1. The summed E-state index contributed by atoms with van der Waals surface area (Å²) in [5.41, 5.74) is -1.40. The maximum Gasteiger partial charge on any atom is 0.324 e. The highest BCUT2D eigenvalue weighted by atomic mass is 79.9. The van der Waals surface area contributed by atoms with E-state index in [9.17, 15) is 18.3 Å². The second kappa shape index (κ2) is 5.34. The van der Waals surface area contributed by atoms with Gasteiger partial charge in [-0.2, -0.15) is 4.72 Å². The lowest BCUT2D eigenvalue weighted by molar-refractivity contribution is -0.147. The topological polar surface area (TPSA) is 92.7 Å². The molecule has 1 aliphatic rings. The van der Waals surface area contributed by atoms with Crippen LogP contribution in [0.3, 0.4) is 0 Å². The molecule has 2 rings (SSSR count). The van der Waals surface area contributed by atoms with Crippen molar-refractivity contribution < 1.29 is 23.1 Å². The van der Waals surface area contributed by atoms with Gasteiger partial charge in [-0.05, 0) is 37.5 Å². The predicted molar refractivity (Wildman–Crippen MR) is 75.2 cm³/mol. The van der Waals surface area contributed by atoms with Crippen LogP contribution >= 0.6 is 15.9 Å². The molecule has 0 heterocycles. The molecule has 0 atom stereocenters. The van der Waals surface area contributed by atoms with Crippen LogP contribution < -0.4 is 9.46 Å². The second-order valence-electron chi connectivity index (χ2n) is 4.64.